The summed E-state index contributed by atoms with van der Waals surface area (Å²) < 4.78 is 10.4. The van der Waals surface area contributed by atoms with Gasteiger partial charge in [-0.05, 0) is 5.56 Å². The van der Waals surface area contributed by atoms with Crippen LogP contribution >= 0.6 is 0 Å². The number of nitrogens with one attached hydrogen (secondary N) is 1. The van der Waals surface area contributed by atoms with E-state index in [1.165, 1.54) is 14.2 Å². The number of nitrogens with zero attached hydrogens (tertiary/aromatic N) is 1. The van der Waals surface area contributed by atoms with Gasteiger partial charge < -0.3 is 25.0 Å². The highest BCUT2D eigenvalue weighted by atomic mass is 16.5. The predicted molar refractivity (Wildman–Crippen MR) is 83.5 cm³/mol. The number of amides is 1. The summed E-state index contributed by atoms with van der Waals surface area (Å²) in [6.45, 7) is 3.52. The minimum Gasteiger partial charge on any atom is -0.481 e. The Bertz CT molecular complexity index is 604. The van der Waals surface area contributed by atoms with Crippen LogP contribution in [0.4, 0.5) is 0 Å². The molecule has 2 rings (SSSR count). The van der Waals surface area contributed by atoms with Gasteiger partial charge in [0.1, 0.15) is 6.10 Å². The van der Waals surface area contributed by atoms with Gasteiger partial charge in [0.25, 0.3) is 5.91 Å². The first-order valence-corrected chi connectivity index (χ1v) is 7.29. The average molecular weight is 322 g/mol. The maximum absolute atomic E-state index is 12.5. The first-order chi connectivity index (χ1) is 10.8. The first kappa shape index (κ1) is 17.4. The molecule has 0 unspecified atom stereocenters. The number of rotatable bonds is 4. The molecule has 1 heterocycles. The first-order valence-electron chi connectivity index (χ1n) is 7.29. The summed E-state index contributed by atoms with van der Waals surface area (Å²) in [7, 11) is 2.66. The van der Waals surface area contributed by atoms with Crippen LogP contribution in [0.25, 0.3) is 0 Å². The van der Waals surface area contributed by atoms with Gasteiger partial charge in [0.2, 0.25) is 17.3 Å². The molecule has 0 saturated heterocycles. The Morgan fingerprint density at radius 1 is 1.22 bits per heavy atom. The highest BCUT2D eigenvalue weighted by Crippen LogP contribution is 2.34. The number of methoxy groups -OCH3 is 2. The molecular formula is C16H22N2O5. The van der Waals surface area contributed by atoms with Crippen molar-refractivity contribution < 1.29 is 24.5 Å². The fourth-order valence-corrected chi connectivity index (χ4v) is 2.63. The normalized spacial score (nSPS) is 29.0. The molecule has 3 N–H and O–H groups in total. The summed E-state index contributed by atoms with van der Waals surface area (Å²) in [5.41, 5.74) is -3.28. The number of benzene rings is 1. The van der Waals surface area contributed by atoms with E-state index in [4.69, 9.17) is 9.47 Å². The standard InChI is InChI=1S/C16H22N2O5/c1-10(2)16(23-4)13(20)17-15(21,14(18-16)22-3)12(19)11-8-6-5-7-9-11/h5-10,12,19,21H,1-4H3,(H,17,20)/t12-,15+,16-/m1/s1. The Kier molecular flexibility index (Phi) is 4.74. The van der Waals surface area contributed by atoms with Crippen LogP contribution in [0.3, 0.4) is 0 Å². The quantitative estimate of drug-likeness (QED) is 0.753. The second-order valence-electron chi connectivity index (χ2n) is 5.71. The number of hydrogen-bond acceptors (Lipinski definition) is 6. The van der Waals surface area contributed by atoms with Gasteiger partial charge in [-0.25, -0.2) is 4.99 Å². The molecule has 1 amide bonds. The number of aliphatic imine (C=N–C) groups is 1. The topological polar surface area (TPSA) is 100 Å². The number of aliphatic hydroxyl groups excluding tert-OH is 1. The second-order valence-corrected chi connectivity index (χ2v) is 5.71. The number of aliphatic hydroxyl groups is 2. The lowest BCUT2D eigenvalue weighted by Gasteiger charge is -2.43. The van der Waals surface area contributed by atoms with E-state index >= 15 is 0 Å². The van der Waals surface area contributed by atoms with Crippen LogP contribution in [0, 0.1) is 5.92 Å². The minimum absolute atomic E-state index is 0.219. The molecule has 0 aromatic heterocycles. The van der Waals surface area contributed by atoms with Gasteiger partial charge in [-0.3, -0.25) is 4.79 Å². The molecule has 0 spiro atoms. The molecule has 0 bridgehead atoms. The van der Waals surface area contributed by atoms with Crippen LogP contribution in [-0.2, 0) is 14.3 Å². The zero-order valence-corrected chi connectivity index (χ0v) is 13.6. The van der Waals surface area contributed by atoms with Gasteiger partial charge in [0.15, 0.2) is 0 Å². The Labute approximate surface area is 134 Å². The van der Waals surface area contributed by atoms with Crippen LogP contribution < -0.4 is 5.32 Å². The zero-order chi connectivity index (χ0) is 17.3. The van der Waals surface area contributed by atoms with Crippen molar-refractivity contribution in [2.75, 3.05) is 14.2 Å². The summed E-state index contributed by atoms with van der Waals surface area (Å²) in [6.07, 6.45) is -1.45. The van der Waals surface area contributed by atoms with Crippen LogP contribution in [-0.4, -0.2) is 47.7 Å². The van der Waals surface area contributed by atoms with Crippen LogP contribution in [0.2, 0.25) is 0 Å². The van der Waals surface area contributed by atoms with Crippen LogP contribution in [0.15, 0.2) is 35.3 Å². The Morgan fingerprint density at radius 3 is 2.30 bits per heavy atom. The van der Waals surface area contributed by atoms with Gasteiger partial charge in [0.05, 0.1) is 7.11 Å². The molecule has 0 radical (unpaired) electrons. The van der Waals surface area contributed by atoms with Gasteiger partial charge in [0, 0.05) is 13.0 Å². The van der Waals surface area contributed by atoms with Crippen molar-refractivity contribution in [1.82, 2.24) is 5.32 Å². The zero-order valence-electron chi connectivity index (χ0n) is 13.6. The molecule has 3 atom stereocenters. The molecule has 0 aliphatic carbocycles. The number of hydrogen-bond donors (Lipinski definition) is 3. The molecule has 1 aliphatic heterocycles. The maximum Gasteiger partial charge on any atom is 0.278 e. The monoisotopic (exact) mass is 322 g/mol. The van der Waals surface area contributed by atoms with Crippen molar-refractivity contribution >= 4 is 11.8 Å². The van der Waals surface area contributed by atoms with E-state index in [1.54, 1.807) is 44.2 Å². The van der Waals surface area contributed by atoms with E-state index in [0.29, 0.717) is 5.56 Å². The van der Waals surface area contributed by atoms with Crippen molar-refractivity contribution in [3.8, 4) is 0 Å². The fourth-order valence-electron chi connectivity index (χ4n) is 2.63. The molecule has 23 heavy (non-hydrogen) atoms. The van der Waals surface area contributed by atoms with E-state index in [1.807, 2.05) is 0 Å². The second kappa shape index (κ2) is 6.27. The molecule has 0 fully saturated rings. The molecule has 0 saturated carbocycles. The third-order valence-corrected chi connectivity index (χ3v) is 4.02. The SMILES string of the molecule is COC1=N[C@@](OC)(C(C)C)C(=O)N[C@]1(O)[C@H](O)c1ccccc1. The lowest BCUT2D eigenvalue weighted by atomic mass is 9.91. The van der Waals surface area contributed by atoms with Crippen molar-refractivity contribution in [3.05, 3.63) is 35.9 Å². The molecule has 7 heteroatoms. The third kappa shape index (κ3) is 2.71. The van der Waals surface area contributed by atoms with Crippen molar-refractivity contribution in [1.29, 1.82) is 0 Å². The largest absolute Gasteiger partial charge is 0.481 e. The Morgan fingerprint density at radius 2 is 1.83 bits per heavy atom. The summed E-state index contributed by atoms with van der Waals surface area (Å²) in [6, 6.07) is 8.46. The molecule has 126 valence electrons. The summed E-state index contributed by atoms with van der Waals surface area (Å²) >= 11 is 0. The van der Waals surface area contributed by atoms with Crippen molar-refractivity contribution in [2.45, 2.75) is 31.4 Å². The van der Waals surface area contributed by atoms with E-state index in [0.717, 1.165) is 0 Å². The number of carbonyl (C=O) groups excluding carboxylic acids is 1. The number of ether oxygens (including phenoxy) is 2. The minimum atomic E-state index is -2.18. The fraction of sp³-hybridized carbons (Fsp3) is 0.500. The van der Waals surface area contributed by atoms with Crippen molar-refractivity contribution in [3.63, 3.8) is 0 Å². The predicted octanol–water partition coefficient (Wildman–Crippen LogP) is 0.582. The smallest absolute Gasteiger partial charge is 0.278 e. The third-order valence-electron chi connectivity index (χ3n) is 4.02. The van der Waals surface area contributed by atoms with Gasteiger partial charge >= 0.3 is 0 Å². The molecule has 1 aliphatic rings. The lowest BCUT2D eigenvalue weighted by Crippen LogP contribution is -2.69. The van der Waals surface area contributed by atoms with Gasteiger partial charge in [-0.15, -0.1) is 0 Å². The molecule has 1 aromatic rings. The van der Waals surface area contributed by atoms with Crippen LogP contribution in [0.5, 0.6) is 0 Å². The average Bonchev–Trinajstić information content (AvgIpc) is 2.55. The Balaban J connectivity index is 2.52. The van der Waals surface area contributed by atoms with Gasteiger partial charge in [-0.1, -0.05) is 44.2 Å². The van der Waals surface area contributed by atoms with E-state index in [-0.39, 0.29) is 11.8 Å². The highest BCUT2D eigenvalue weighted by Gasteiger charge is 2.56. The van der Waals surface area contributed by atoms with E-state index < -0.39 is 23.5 Å². The summed E-state index contributed by atoms with van der Waals surface area (Å²) in [5.74, 6) is -1.17. The van der Waals surface area contributed by atoms with E-state index in [9.17, 15) is 15.0 Å². The van der Waals surface area contributed by atoms with Crippen LogP contribution in [0.1, 0.15) is 25.5 Å². The lowest BCUT2D eigenvalue weighted by molar-refractivity contribution is -0.164. The maximum atomic E-state index is 12.5. The molecule has 1 aromatic carbocycles. The molecule has 7 nitrogen and oxygen atoms in total. The number of carbonyl (C=O) groups is 1. The highest BCUT2D eigenvalue weighted by molar-refractivity contribution is 5.99. The Hall–Kier alpha value is -1.96. The van der Waals surface area contributed by atoms with Gasteiger partial charge in [-0.2, -0.15) is 0 Å². The van der Waals surface area contributed by atoms with Crippen molar-refractivity contribution in [2.24, 2.45) is 10.9 Å². The summed E-state index contributed by atoms with van der Waals surface area (Å²) in [4.78, 5) is 16.7. The summed E-state index contributed by atoms with van der Waals surface area (Å²) in [5, 5.41) is 23.8. The molecular weight excluding hydrogens is 300 g/mol. The van der Waals surface area contributed by atoms with E-state index in [2.05, 4.69) is 10.3 Å².